The molecule has 1 aromatic heterocycles. The van der Waals surface area contributed by atoms with Gasteiger partial charge in [0.15, 0.2) is 0 Å². The van der Waals surface area contributed by atoms with Crippen LogP contribution in [0.3, 0.4) is 0 Å². The van der Waals surface area contributed by atoms with Crippen LogP contribution >= 0.6 is 0 Å². The molecule has 0 atom stereocenters. The van der Waals surface area contributed by atoms with E-state index < -0.39 is 0 Å². The van der Waals surface area contributed by atoms with Crippen molar-refractivity contribution in [3.05, 3.63) is 78.1 Å². The Morgan fingerprint density at radius 2 is 1.63 bits per heavy atom. The third kappa shape index (κ3) is 7.61. The van der Waals surface area contributed by atoms with Crippen LogP contribution in [0.5, 0.6) is 5.75 Å². The molecule has 0 unspecified atom stereocenters. The van der Waals surface area contributed by atoms with Crippen LogP contribution in [0.4, 0.5) is 11.6 Å². The van der Waals surface area contributed by atoms with Crippen molar-refractivity contribution in [2.24, 2.45) is 0 Å². The quantitative estimate of drug-likeness (QED) is 0.449. The van der Waals surface area contributed by atoms with Crippen molar-refractivity contribution < 1.29 is 14.3 Å². The predicted molar refractivity (Wildman–Crippen MR) is 160 cm³/mol. The smallest absolute Gasteiger partial charge is 0.254 e. The van der Waals surface area contributed by atoms with Gasteiger partial charge in [0, 0.05) is 69.8 Å². The number of carbonyl (C=O) groups is 2. The third-order valence-electron chi connectivity index (χ3n) is 7.80. The minimum absolute atomic E-state index is 0.0218. The van der Waals surface area contributed by atoms with Gasteiger partial charge >= 0.3 is 0 Å². The predicted octanol–water partition coefficient (Wildman–Crippen LogP) is 4.25. The molecule has 1 fully saturated rings. The Morgan fingerprint density at radius 1 is 0.829 bits per heavy atom. The van der Waals surface area contributed by atoms with Crippen LogP contribution in [0.25, 0.3) is 0 Å². The Hall–Kier alpha value is -3.98. The minimum Gasteiger partial charge on any atom is -0.492 e. The molecule has 1 saturated heterocycles. The van der Waals surface area contributed by atoms with Crippen molar-refractivity contribution in [1.29, 1.82) is 0 Å². The Balaban J connectivity index is 1.37. The molecule has 0 radical (unpaired) electrons. The van der Waals surface area contributed by atoms with Gasteiger partial charge in [-0.25, -0.2) is 9.97 Å². The largest absolute Gasteiger partial charge is 0.492 e. The van der Waals surface area contributed by atoms with Gasteiger partial charge < -0.3 is 19.4 Å². The van der Waals surface area contributed by atoms with Gasteiger partial charge in [-0.3, -0.25) is 14.5 Å². The number of anilines is 2. The molecule has 0 bridgehead atoms. The maximum absolute atomic E-state index is 14.0. The lowest BCUT2D eigenvalue weighted by atomic mass is 10.1. The first-order chi connectivity index (χ1) is 20.1. The van der Waals surface area contributed by atoms with Crippen molar-refractivity contribution in [2.45, 2.75) is 39.2 Å². The maximum atomic E-state index is 14.0. The molecule has 0 aliphatic carbocycles. The second-order valence-corrected chi connectivity index (χ2v) is 10.7. The highest BCUT2D eigenvalue weighted by molar-refractivity contribution is 5.95. The fourth-order valence-corrected chi connectivity index (χ4v) is 5.62. The molecule has 3 heterocycles. The van der Waals surface area contributed by atoms with E-state index in [9.17, 15) is 9.59 Å². The molecule has 5 rings (SSSR count). The SMILES string of the molecule is CC(=O)N1CCCN(c2ncccn2)CCN(C(=O)c2cccc(OCCN3CCCCC3)c2)Cc2ccccc21. The van der Waals surface area contributed by atoms with E-state index in [4.69, 9.17) is 4.74 Å². The second-order valence-electron chi connectivity index (χ2n) is 10.7. The normalized spacial score (nSPS) is 17.0. The number of nitrogens with zero attached hydrogens (tertiary/aromatic N) is 6. The van der Waals surface area contributed by atoms with E-state index >= 15 is 0 Å². The zero-order valence-electron chi connectivity index (χ0n) is 24.0. The monoisotopic (exact) mass is 556 g/mol. The van der Waals surface area contributed by atoms with Gasteiger partial charge in [-0.05, 0) is 68.2 Å². The fourth-order valence-electron chi connectivity index (χ4n) is 5.62. The summed E-state index contributed by atoms with van der Waals surface area (Å²) in [6.45, 7) is 8.01. The topological polar surface area (TPSA) is 82.1 Å². The summed E-state index contributed by atoms with van der Waals surface area (Å²) >= 11 is 0. The summed E-state index contributed by atoms with van der Waals surface area (Å²) < 4.78 is 6.07. The molecule has 0 N–H and O–H groups in total. The van der Waals surface area contributed by atoms with Gasteiger partial charge in [0.2, 0.25) is 11.9 Å². The first-order valence-corrected chi connectivity index (χ1v) is 14.7. The van der Waals surface area contributed by atoms with Crippen LogP contribution in [0.2, 0.25) is 0 Å². The number of para-hydroxylation sites is 1. The van der Waals surface area contributed by atoms with E-state index in [1.54, 1.807) is 25.4 Å². The Bertz CT molecular complexity index is 1300. The number of hydrogen-bond acceptors (Lipinski definition) is 7. The number of likely N-dealkylation sites (tertiary alicyclic amines) is 1. The van der Waals surface area contributed by atoms with Gasteiger partial charge in [-0.15, -0.1) is 0 Å². The molecule has 9 nitrogen and oxygen atoms in total. The second kappa shape index (κ2) is 14.1. The highest BCUT2D eigenvalue weighted by Gasteiger charge is 2.24. The summed E-state index contributed by atoms with van der Waals surface area (Å²) in [5.41, 5.74) is 2.37. The molecule has 216 valence electrons. The standard InChI is InChI=1S/C32H40N6O3/c1-26(39)38-19-9-18-36(32-33-14-8-15-34-32)20-21-37(25-28-10-3-4-13-30(28)38)31(40)27-11-7-12-29(24-27)41-23-22-35-16-5-2-6-17-35/h3-4,7-8,10-15,24H,2,5-6,9,16-23,25H2,1H3. The third-order valence-corrected chi connectivity index (χ3v) is 7.80. The van der Waals surface area contributed by atoms with Crippen LogP contribution in [0.1, 0.15) is 48.5 Å². The van der Waals surface area contributed by atoms with E-state index in [2.05, 4.69) is 19.8 Å². The number of ether oxygens (including phenoxy) is 1. The van der Waals surface area contributed by atoms with Gasteiger partial charge in [0.05, 0.1) is 0 Å². The number of fused-ring (bicyclic) bond motifs is 1. The number of piperidine rings is 1. The van der Waals surface area contributed by atoms with E-state index in [1.807, 2.05) is 58.3 Å². The summed E-state index contributed by atoms with van der Waals surface area (Å²) in [6, 6.07) is 17.1. The summed E-state index contributed by atoms with van der Waals surface area (Å²) in [6.07, 6.45) is 8.01. The van der Waals surface area contributed by atoms with Crippen molar-refractivity contribution >= 4 is 23.5 Å². The number of carbonyl (C=O) groups excluding carboxylic acids is 2. The summed E-state index contributed by atoms with van der Waals surface area (Å²) in [5, 5.41) is 0. The minimum atomic E-state index is -0.0798. The molecule has 2 aromatic carbocycles. The number of amides is 2. The Kier molecular flexibility index (Phi) is 9.80. The molecule has 0 spiro atoms. The molecule has 3 aromatic rings. The molecule has 2 aliphatic rings. The molecular formula is C32H40N6O3. The summed E-state index contributed by atoms with van der Waals surface area (Å²) in [5.74, 6) is 1.22. The van der Waals surface area contributed by atoms with E-state index in [0.29, 0.717) is 56.6 Å². The van der Waals surface area contributed by atoms with E-state index in [1.165, 1.54) is 19.3 Å². The lowest BCUT2D eigenvalue weighted by Crippen LogP contribution is -2.39. The molecule has 9 heteroatoms. The van der Waals surface area contributed by atoms with Crippen molar-refractivity contribution in [2.75, 3.05) is 62.2 Å². The highest BCUT2D eigenvalue weighted by Crippen LogP contribution is 2.25. The van der Waals surface area contributed by atoms with Crippen LogP contribution in [0, 0.1) is 0 Å². The highest BCUT2D eigenvalue weighted by atomic mass is 16.5. The zero-order valence-corrected chi connectivity index (χ0v) is 24.0. The van der Waals surface area contributed by atoms with E-state index in [-0.39, 0.29) is 11.8 Å². The van der Waals surface area contributed by atoms with Gasteiger partial charge in [-0.2, -0.15) is 0 Å². The van der Waals surface area contributed by atoms with Crippen LogP contribution in [-0.2, 0) is 11.3 Å². The van der Waals surface area contributed by atoms with Gasteiger partial charge in [-0.1, -0.05) is 30.7 Å². The fraction of sp³-hybridized carbons (Fsp3) is 0.438. The lowest BCUT2D eigenvalue weighted by molar-refractivity contribution is -0.116. The van der Waals surface area contributed by atoms with Gasteiger partial charge in [0.25, 0.3) is 5.91 Å². The number of benzene rings is 2. The first kappa shape index (κ1) is 28.5. The molecule has 2 amide bonds. The average molecular weight is 557 g/mol. The van der Waals surface area contributed by atoms with Crippen LogP contribution in [0.15, 0.2) is 67.0 Å². The van der Waals surface area contributed by atoms with Crippen molar-refractivity contribution in [3.63, 3.8) is 0 Å². The number of hydrogen-bond donors (Lipinski definition) is 0. The Morgan fingerprint density at radius 3 is 2.44 bits per heavy atom. The number of rotatable bonds is 6. The molecular weight excluding hydrogens is 516 g/mol. The van der Waals surface area contributed by atoms with Crippen molar-refractivity contribution in [3.8, 4) is 5.75 Å². The summed E-state index contributed by atoms with van der Waals surface area (Å²) in [7, 11) is 0. The van der Waals surface area contributed by atoms with E-state index in [0.717, 1.165) is 37.3 Å². The lowest BCUT2D eigenvalue weighted by Gasteiger charge is -2.28. The average Bonchev–Trinajstić information content (AvgIpc) is 3.04. The van der Waals surface area contributed by atoms with Gasteiger partial charge in [0.1, 0.15) is 12.4 Å². The Labute approximate surface area is 242 Å². The summed E-state index contributed by atoms with van der Waals surface area (Å²) in [4.78, 5) is 43.8. The maximum Gasteiger partial charge on any atom is 0.254 e. The number of aromatic nitrogens is 2. The molecule has 0 saturated carbocycles. The molecule has 2 aliphatic heterocycles. The molecule has 41 heavy (non-hydrogen) atoms. The first-order valence-electron chi connectivity index (χ1n) is 14.7. The van der Waals surface area contributed by atoms with Crippen LogP contribution in [-0.4, -0.2) is 84.0 Å². The van der Waals surface area contributed by atoms with Crippen LogP contribution < -0.4 is 14.5 Å². The zero-order chi connectivity index (χ0) is 28.4. The van der Waals surface area contributed by atoms with Crippen molar-refractivity contribution in [1.82, 2.24) is 19.8 Å².